The van der Waals surface area contributed by atoms with Gasteiger partial charge >= 0.3 is 0 Å². The van der Waals surface area contributed by atoms with Crippen molar-refractivity contribution in [2.45, 2.75) is 12.8 Å². The first-order valence-corrected chi connectivity index (χ1v) is 6.22. The average Bonchev–Trinajstić information content (AvgIpc) is 2.88. The lowest BCUT2D eigenvalue weighted by Crippen LogP contribution is -2.30. The molecule has 1 atom stereocenters. The minimum atomic E-state index is -0.460. The fraction of sp³-hybridized carbons (Fsp3) is 0.462. The van der Waals surface area contributed by atoms with Gasteiger partial charge in [0.05, 0.1) is 11.3 Å². The third-order valence-corrected chi connectivity index (χ3v) is 3.40. The Kier molecular flexibility index (Phi) is 4.11. The number of aliphatic hydroxyl groups excluding tert-OH is 1. The van der Waals surface area contributed by atoms with Gasteiger partial charge in [-0.3, -0.25) is 14.9 Å². The van der Waals surface area contributed by atoms with Gasteiger partial charge in [-0.05, 0) is 12.0 Å². The van der Waals surface area contributed by atoms with Gasteiger partial charge in [-0.1, -0.05) is 12.1 Å². The normalized spacial score (nSPS) is 18.6. The van der Waals surface area contributed by atoms with Gasteiger partial charge in [0.2, 0.25) is 5.91 Å². The molecule has 1 unspecified atom stereocenters. The van der Waals surface area contributed by atoms with Crippen LogP contribution in [0.2, 0.25) is 0 Å². The molecule has 102 valence electrons. The molecule has 0 radical (unpaired) electrons. The number of benzene rings is 1. The molecule has 6 heteroatoms. The highest BCUT2D eigenvalue weighted by Crippen LogP contribution is 2.18. The standard InChI is InChI=1S/C13H16N2O4/c16-9-11-5-6-14(8-11)13(17)7-10-1-3-12(4-2-10)15(18)19/h1-4,11,16H,5-9H2. The number of amides is 1. The highest BCUT2D eigenvalue weighted by molar-refractivity contribution is 5.79. The fourth-order valence-corrected chi connectivity index (χ4v) is 2.23. The Morgan fingerprint density at radius 1 is 1.42 bits per heavy atom. The summed E-state index contributed by atoms with van der Waals surface area (Å²) in [5.74, 6) is 0.186. The number of nitro groups is 1. The first-order chi connectivity index (χ1) is 9.10. The minimum Gasteiger partial charge on any atom is -0.396 e. The summed E-state index contributed by atoms with van der Waals surface area (Å²) in [6.07, 6.45) is 1.08. The molecule has 6 nitrogen and oxygen atoms in total. The molecule has 1 aromatic rings. The maximum Gasteiger partial charge on any atom is 0.269 e. The van der Waals surface area contributed by atoms with E-state index in [4.69, 9.17) is 5.11 Å². The van der Waals surface area contributed by atoms with E-state index in [1.54, 1.807) is 17.0 Å². The molecule has 0 spiro atoms. The molecule has 1 heterocycles. The van der Waals surface area contributed by atoms with Crippen LogP contribution in [0.1, 0.15) is 12.0 Å². The average molecular weight is 264 g/mol. The first kappa shape index (κ1) is 13.5. The predicted octanol–water partition coefficient (Wildman–Crippen LogP) is 0.978. The second-order valence-electron chi connectivity index (χ2n) is 4.78. The van der Waals surface area contributed by atoms with Crippen LogP contribution in [0.25, 0.3) is 0 Å². The lowest BCUT2D eigenvalue weighted by Gasteiger charge is -2.16. The van der Waals surface area contributed by atoms with Crippen LogP contribution >= 0.6 is 0 Å². The highest BCUT2D eigenvalue weighted by atomic mass is 16.6. The van der Waals surface area contributed by atoms with E-state index >= 15 is 0 Å². The number of rotatable bonds is 4. The van der Waals surface area contributed by atoms with Gasteiger partial charge in [-0.25, -0.2) is 0 Å². The molecule has 1 aromatic carbocycles. The second kappa shape index (κ2) is 5.79. The number of carbonyl (C=O) groups excluding carboxylic acids is 1. The summed E-state index contributed by atoms with van der Waals surface area (Å²) >= 11 is 0. The van der Waals surface area contributed by atoms with Crippen LogP contribution in [-0.2, 0) is 11.2 Å². The van der Waals surface area contributed by atoms with Crippen LogP contribution in [0.4, 0.5) is 5.69 Å². The third kappa shape index (κ3) is 3.29. The van der Waals surface area contributed by atoms with Crippen molar-refractivity contribution in [3.8, 4) is 0 Å². The largest absolute Gasteiger partial charge is 0.396 e. The lowest BCUT2D eigenvalue weighted by molar-refractivity contribution is -0.384. The molecule has 1 aliphatic rings. The molecule has 19 heavy (non-hydrogen) atoms. The first-order valence-electron chi connectivity index (χ1n) is 6.22. The zero-order chi connectivity index (χ0) is 13.8. The molecule has 1 fully saturated rings. The summed E-state index contributed by atoms with van der Waals surface area (Å²) in [6.45, 7) is 1.39. The Morgan fingerprint density at radius 2 is 2.11 bits per heavy atom. The van der Waals surface area contributed by atoms with Crippen LogP contribution in [0.5, 0.6) is 0 Å². The Balaban J connectivity index is 1.94. The summed E-state index contributed by atoms with van der Waals surface area (Å²) in [7, 11) is 0. The monoisotopic (exact) mass is 264 g/mol. The molecule has 0 bridgehead atoms. The van der Waals surface area contributed by atoms with Crippen molar-refractivity contribution in [3.05, 3.63) is 39.9 Å². The zero-order valence-electron chi connectivity index (χ0n) is 10.5. The molecule has 1 amide bonds. The Labute approximate surface area is 110 Å². The summed E-state index contributed by atoms with van der Waals surface area (Å²) in [4.78, 5) is 23.8. The van der Waals surface area contributed by atoms with Crippen LogP contribution in [-0.4, -0.2) is 40.5 Å². The van der Waals surface area contributed by atoms with Crippen molar-refractivity contribution in [1.82, 2.24) is 4.90 Å². The topological polar surface area (TPSA) is 83.7 Å². The number of hydrogen-bond acceptors (Lipinski definition) is 4. The van der Waals surface area contributed by atoms with E-state index in [9.17, 15) is 14.9 Å². The lowest BCUT2D eigenvalue weighted by atomic mass is 10.1. The van der Waals surface area contributed by atoms with Crippen LogP contribution in [0, 0.1) is 16.0 Å². The van der Waals surface area contributed by atoms with E-state index in [1.807, 2.05) is 0 Å². The molecule has 1 saturated heterocycles. The van der Waals surface area contributed by atoms with E-state index in [0.717, 1.165) is 12.0 Å². The van der Waals surface area contributed by atoms with Crippen molar-refractivity contribution in [3.63, 3.8) is 0 Å². The summed E-state index contributed by atoms with van der Waals surface area (Å²) < 4.78 is 0. The van der Waals surface area contributed by atoms with E-state index < -0.39 is 4.92 Å². The smallest absolute Gasteiger partial charge is 0.269 e. The van der Waals surface area contributed by atoms with Gasteiger partial charge in [-0.2, -0.15) is 0 Å². The van der Waals surface area contributed by atoms with E-state index in [1.165, 1.54) is 12.1 Å². The molecule has 0 aromatic heterocycles. The van der Waals surface area contributed by atoms with E-state index in [0.29, 0.717) is 13.1 Å². The number of likely N-dealkylation sites (tertiary alicyclic amines) is 1. The molecule has 2 rings (SSSR count). The quantitative estimate of drug-likeness (QED) is 0.649. The Bertz CT molecular complexity index is 472. The summed E-state index contributed by atoms with van der Waals surface area (Å²) in [6, 6.07) is 6.03. The van der Waals surface area contributed by atoms with E-state index in [2.05, 4.69) is 0 Å². The van der Waals surface area contributed by atoms with Gasteiger partial charge in [0.15, 0.2) is 0 Å². The zero-order valence-corrected chi connectivity index (χ0v) is 10.5. The number of nitro benzene ring substituents is 1. The van der Waals surface area contributed by atoms with Gasteiger partial charge in [0.1, 0.15) is 0 Å². The third-order valence-electron chi connectivity index (χ3n) is 3.40. The molecular weight excluding hydrogens is 248 g/mol. The molecular formula is C13H16N2O4. The van der Waals surface area contributed by atoms with Crippen molar-refractivity contribution >= 4 is 11.6 Å². The van der Waals surface area contributed by atoms with Crippen LogP contribution < -0.4 is 0 Å². The number of aliphatic hydroxyl groups is 1. The van der Waals surface area contributed by atoms with Crippen LogP contribution in [0.15, 0.2) is 24.3 Å². The molecule has 1 N–H and O–H groups in total. The molecule has 0 saturated carbocycles. The van der Waals surface area contributed by atoms with Gasteiger partial charge in [0.25, 0.3) is 5.69 Å². The number of nitrogens with zero attached hydrogens (tertiary/aromatic N) is 2. The van der Waals surface area contributed by atoms with Crippen LogP contribution in [0.3, 0.4) is 0 Å². The number of hydrogen-bond donors (Lipinski definition) is 1. The van der Waals surface area contributed by atoms with Gasteiger partial charge in [-0.15, -0.1) is 0 Å². The summed E-state index contributed by atoms with van der Waals surface area (Å²) in [5, 5.41) is 19.6. The highest BCUT2D eigenvalue weighted by Gasteiger charge is 2.25. The van der Waals surface area contributed by atoms with Crippen molar-refractivity contribution in [1.29, 1.82) is 0 Å². The SMILES string of the molecule is O=C(Cc1ccc([N+](=O)[O-])cc1)N1CCC(CO)C1. The second-order valence-corrected chi connectivity index (χ2v) is 4.78. The Hall–Kier alpha value is -1.95. The maximum atomic E-state index is 12.0. The summed E-state index contributed by atoms with van der Waals surface area (Å²) in [5.41, 5.74) is 0.792. The van der Waals surface area contributed by atoms with Crippen molar-refractivity contribution in [2.75, 3.05) is 19.7 Å². The minimum absolute atomic E-state index is 0.00445. The van der Waals surface area contributed by atoms with Gasteiger partial charge < -0.3 is 10.0 Å². The molecule has 1 aliphatic heterocycles. The van der Waals surface area contributed by atoms with Crippen molar-refractivity contribution in [2.24, 2.45) is 5.92 Å². The Morgan fingerprint density at radius 3 is 2.63 bits per heavy atom. The van der Waals surface area contributed by atoms with E-state index in [-0.39, 0.29) is 30.5 Å². The number of carbonyl (C=O) groups is 1. The van der Waals surface area contributed by atoms with Gasteiger partial charge in [0, 0.05) is 37.7 Å². The predicted molar refractivity (Wildman–Crippen MR) is 68.6 cm³/mol. The molecule has 0 aliphatic carbocycles. The van der Waals surface area contributed by atoms with Crippen molar-refractivity contribution < 1.29 is 14.8 Å². The number of non-ortho nitro benzene ring substituents is 1. The maximum absolute atomic E-state index is 12.0. The fourth-order valence-electron chi connectivity index (χ4n) is 2.23.